The molecule has 0 spiro atoms. The Bertz CT molecular complexity index is 1550. The fourth-order valence-corrected chi connectivity index (χ4v) is 5.40. The van der Waals surface area contributed by atoms with Crippen molar-refractivity contribution in [2.75, 3.05) is 32.0 Å². The second-order valence-electron chi connectivity index (χ2n) is 10.6. The van der Waals surface area contributed by atoms with Crippen LogP contribution >= 0.6 is 0 Å². The molecular formula is C31H34FN7O2. The first-order chi connectivity index (χ1) is 19.8. The molecule has 1 atom stereocenters. The summed E-state index contributed by atoms with van der Waals surface area (Å²) in [5.41, 5.74) is 4.21. The number of carbonyl (C=O) groups is 2. The van der Waals surface area contributed by atoms with Crippen molar-refractivity contribution in [2.45, 2.75) is 39.0 Å². The van der Waals surface area contributed by atoms with Gasteiger partial charge in [0.15, 0.2) is 5.82 Å². The number of hydrogen-bond acceptors (Lipinski definition) is 7. The molecule has 1 aromatic carbocycles. The van der Waals surface area contributed by atoms with Crippen molar-refractivity contribution in [3.8, 4) is 11.3 Å². The highest BCUT2D eigenvalue weighted by molar-refractivity contribution is 6.06. The Hall–Kier alpha value is -4.47. The van der Waals surface area contributed by atoms with Crippen molar-refractivity contribution in [3.05, 3.63) is 77.8 Å². The van der Waals surface area contributed by atoms with E-state index in [0.29, 0.717) is 29.2 Å². The summed E-state index contributed by atoms with van der Waals surface area (Å²) >= 11 is 0. The molecule has 0 radical (unpaired) electrons. The average molecular weight is 556 g/mol. The minimum atomic E-state index is -0.647. The van der Waals surface area contributed by atoms with E-state index in [1.165, 1.54) is 13.4 Å². The molecule has 212 valence electrons. The van der Waals surface area contributed by atoms with Crippen LogP contribution in [0.4, 0.5) is 10.2 Å². The molecule has 1 aliphatic heterocycles. The van der Waals surface area contributed by atoms with Crippen LogP contribution in [0.3, 0.4) is 0 Å². The van der Waals surface area contributed by atoms with Crippen LogP contribution in [0.1, 0.15) is 54.2 Å². The highest BCUT2D eigenvalue weighted by Gasteiger charge is 2.22. The first kappa shape index (κ1) is 28.1. The predicted octanol–water partition coefficient (Wildman–Crippen LogP) is 4.60. The summed E-state index contributed by atoms with van der Waals surface area (Å²) in [6, 6.07) is 11.4. The van der Waals surface area contributed by atoms with Gasteiger partial charge < -0.3 is 15.5 Å². The van der Waals surface area contributed by atoms with Crippen LogP contribution in [-0.2, 0) is 11.2 Å². The Labute approximate surface area is 238 Å². The monoisotopic (exact) mass is 555 g/mol. The first-order valence-electron chi connectivity index (χ1n) is 13.9. The van der Waals surface area contributed by atoms with Crippen molar-refractivity contribution in [1.82, 2.24) is 30.2 Å². The molecule has 0 saturated carbocycles. The van der Waals surface area contributed by atoms with Crippen molar-refractivity contribution in [2.24, 2.45) is 5.92 Å². The molecule has 1 aliphatic rings. The van der Waals surface area contributed by atoms with Crippen LogP contribution in [-0.4, -0.2) is 63.3 Å². The second-order valence-corrected chi connectivity index (χ2v) is 10.6. The summed E-state index contributed by atoms with van der Waals surface area (Å²) < 4.78 is 14.4. The number of para-hydroxylation sites is 1. The quantitative estimate of drug-likeness (QED) is 0.327. The molecule has 1 saturated heterocycles. The van der Waals surface area contributed by atoms with E-state index in [2.05, 4.69) is 30.6 Å². The van der Waals surface area contributed by atoms with Crippen LogP contribution in [0.25, 0.3) is 22.2 Å². The van der Waals surface area contributed by atoms with Gasteiger partial charge in [0.05, 0.1) is 23.0 Å². The zero-order valence-electron chi connectivity index (χ0n) is 23.5. The molecule has 4 aromatic rings. The van der Waals surface area contributed by atoms with Crippen LogP contribution in [0.2, 0.25) is 0 Å². The summed E-state index contributed by atoms with van der Waals surface area (Å²) in [7, 11) is 1.48. The summed E-state index contributed by atoms with van der Waals surface area (Å²) in [6.45, 7) is 5.86. The van der Waals surface area contributed by atoms with Crippen molar-refractivity contribution < 1.29 is 14.0 Å². The maximum absolute atomic E-state index is 14.4. The van der Waals surface area contributed by atoms with Gasteiger partial charge in [0.25, 0.3) is 5.91 Å². The molecule has 3 aromatic heterocycles. The van der Waals surface area contributed by atoms with Crippen LogP contribution in [0, 0.1) is 11.7 Å². The van der Waals surface area contributed by atoms with Crippen LogP contribution in [0.15, 0.2) is 55.1 Å². The molecule has 2 amide bonds. The lowest BCUT2D eigenvalue weighted by atomic mass is 9.92. The number of halogens is 1. The Morgan fingerprint density at radius 3 is 2.59 bits per heavy atom. The molecule has 4 heterocycles. The zero-order valence-corrected chi connectivity index (χ0v) is 23.5. The number of hydrogen-bond donors (Lipinski definition) is 2. The largest absolute Gasteiger partial charge is 0.369 e. The van der Waals surface area contributed by atoms with E-state index in [9.17, 15) is 14.0 Å². The number of fused-ring (bicyclic) bond motifs is 1. The molecule has 10 heteroatoms. The number of pyridine rings is 2. The topological polar surface area (TPSA) is 113 Å². The van der Waals surface area contributed by atoms with Gasteiger partial charge in [-0.15, -0.1) is 0 Å². The Morgan fingerprint density at radius 1 is 1.07 bits per heavy atom. The highest BCUT2D eigenvalue weighted by atomic mass is 19.1. The lowest BCUT2D eigenvalue weighted by molar-refractivity contribution is -0.130. The SMILES string of the molecule is CNC(=O)c1c(F)cnc2c([C@H](C)CNc3cc(-c4ccc(CC5CCN(C(C)=O)CC5)nc4)ncn3)cccc12. The molecule has 0 bridgehead atoms. The van der Waals surface area contributed by atoms with Gasteiger partial charge in [-0.1, -0.05) is 25.1 Å². The molecule has 9 nitrogen and oxygen atoms in total. The number of amides is 2. The third-order valence-corrected chi connectivity index (χ3v) is 7.80. The van der Waals surface area contributed by atoms with E-state index < -0.39 is 11.7 Å². The molecule has 0 unspecified atom stereocenters. The molecule has 0 aliphatic carbocycles. The van der Waals surface area contributed by atoms with E-state index in [1.54, 1.807) is 13.0 Å². The van der Waals surface area contributed by atoms with Crippen LogP contribution < -0.4 is 10.6 Å². The molecule has 41 heavy (non-hydrogen) atoms. The van der Waals surface area contributed by atoms with E-state index >= 15 is 0 Å². The zero-order chi connectivity index (χ0) is 28.9. The smallest absolute Gasteiger partial charge is 0.254 e. The van der Waals surface area contributed by atoms with Crippen molar-refractivity contribution in [1.29, 1.82) is 0 Å². The van der Waals surface area contributed by atoms with Crippen molar-refractivity contribution in [3.63, 3.8) is 0 Å². The highest BCUT2D eigenvalue weighted by Crippen LogP contribution is 2.28. The number of aromatic nitrogens is 4. The molecule has 5 rings (SSSR count). The summed E-state index contributed by atoms with van der Waals surface area (Å²) in [6.07, 6.45) is 7.38. The maximum atomic E-state index is 14.4. The van der Waals surface area contributed by atoms with Gasteiger partial charge in [0, 0.05) is 68.4 Å². The van der Waals surface area contributed by atoms with E-state index in [0.717, 1.165) is 61.1 Å². The van der Waals surface area contributed by atoms with Gasteiger partial charge in [-0.25, -0.2) is 14.4 Å². The number of anilines is 1. The number of nitrogens with zero attached hydrogens (tertiary/aromatic N) is 5. The summed E-state index contributed by atoms with van der Waals surface area (Å²) in [4.78, 5) is 43.6. The lowest BCUT2D eigenvalue weighted by Crippen LogP contribution is -2.37. The standard InChI is InChI=1S/C31H34FN7O2/c1-19(24-5-4-6-25-29(31(41)33-3)26(32)17-36-30(24)25)15-35-28-14-27(37-18-38-28)22-7-8-23(34-16-22)13-21-9-11-39(12-10-21)20(2)40/h4-8,14,16-19,21H,9-13,15H2,1-3H3,(H,33,41)(H,35,37,38)/t19-/m1/s1. The average Bonchev–Trinajstić information content (AvgIpc) is 3.00. The van der Waals surface area contributed by atoms with Gasteiger partial charge in [0.1, 0.15) is 12.1 Å². The Morgan fingerprint density at radius 2 is 1.88 bits per heavy atom. The van der Waals surface area contributed by atoms with Gasteiger partial charge in [-0.3, -0.25) is 19.6 Å². The summed E-state index contributed by atoms with van der Waals surface area (Å²) in [5.74, 6) is 0.226. The number of benzene rings is 1. The third-order valence-electron chi connectivity index (χ3n) is 7.80. The summed E-state index contributed by atoms with van der Waals surface area (Å²) in [5, 5.41) is 6.36. The maximum Gasteiger partial charge on any atom is 0.254 e. The fourth-order valence-electron chi connectivity index (χ4n) is 5.40. The third kappa shape index (κ3) is 6.32. The second kappa shape index (κ2) is 12.4. The number of carbonyl (C=O) groups excluding carboxylic acids is 2. The Kier molecular flexibility index (Phi) is 8.47. The normalized spacial score (nSPS) is 14.6. The predicted molar refractivity (Wildman–Crippen MR) is 156 cm³/mol. The molecular weight excluding hydrogens is 521 g/mol. The number of rotatable bonds is 8. The van der Waals surface area contributed by atoms with Gasteiger partial charge in [-0.2, -0.15) is 0 Å². The van der Waals surface area contributed by atoms with Crippen molar-refractivity contribution >= 4 is 28.5 Å². The fraction of sp³-hybridized carbons (Fsp3) is 0.355. The number of piperidine rings is 1. The lowest BCUT2D eigenvalue weighted by Gasteiger charge is -2.31. The van der Waals surface area contributed by atoms with Gasteiger partial charge in [-0.05, 0) is 42.9 Å². The van der Waals surface area contributed by atoms with E-state index in [4.69, 9.17) is 0 Å². The number of likely N-dealkylation sites (tertiary alicyclic amines) is 1. The van der Waals surface area contributed by atoms with Gasteiger partial charge >= 0.3 is 0 Å². The minimum Gasteiger partial charge on any atom is -0.369 e. The minimum absolute atomic E-state index is 0.00190. The molecule has 2 N–H and O–H groups in total. The first-order valence-corrected chi connectivity index (χ1v) is 13.9. The Balaban J connectivity index is 1.24. The van der Waals surface area contributed by atoms with E-state index in [-0.39, 0.29) is 17.4 Å². The van der Waals surface area contributed by atoms with Gasteiger partial charge in [0.2, 0.25) is 5.91 Å². The van der Waals surface area contributed by atoms with E-state index in [1.807, 2.05) is 48.4 Å². The van der Waals surface area contributed by atoms with Crippen LogP contribution in [0.5, 0.6) is 0 Å². The number of nitrogens with one attached hydrogen (secondary N) is 2. The molecule has 1 fully saturated rings.